The van der Waals surface area contributed by atoms with Crippen molar-refractivity contribution >= 4 is 5.82 Å². The summed E-state index contributed by atoms with van der Waals surface area (Å²) in [5, 5.41) is 7.30. The van der Waals surface area contributed by atoms with E-state index in [0.29, 0.717) is 19.0 Å². The molecule has 3 N–H and O–H groups in total. The second-order valence-electron chi connectivity index (χ2n) is 5.82. The van der Waals surface area contributed by atoms with Crippen molar-refractivity contribution < 1.29 is 9.47 Å². The largest absolute Gasteiger partial charge is 0.486 e. The molecular formula is C16H19N3O2. The second kappa shape index (κ2) is 4.98. The molecule has 1 aliphatic heterocycles. The van der Waals surface area contributed by atoms with Crippen LogP contribution in [0.2, 0.25) is 0 Å². The smallest absolute Gasteiger partial charge is 0.161 e. The molecule has 1 aromatic carbocycles. The van der Waals surface area contributed by atoms with Crippen LogP contribution >= 0.6 is 0 Å². The minimum atomic E-state index is 0.556. The Balaban J connectivity index is 1.70. The van der Waals surface area contributed by atoms with Gasteiger partial charge >= 0.3 is 0 Å². The number of nitrogen functional groups attached to an aromatic ring is 1. The summed E-state index contributed by atoms with van der Waals surface area (Å²) in [6.45, 7) is 1.19. The van der Waals surface area contributed by atoms with Crippen LogP contribution in [0.15, 0.2) is 18.2 Å². The zero-order chi connectivity index (χ0) is 14.2. The molecule has 0 atom stereocenters. The van der Waals surface area contributed by atoms with Gasteiger partial charge in [0.25, 0.3) is 0 Å². The van der Waals surface area contributed by atoms with Gasteiger partial charge < -0.3 is 15.2 Å². The predicted molar refractivity (Wildman–Crippen MR) is 80.5 cm³/mol. The number of rotatable bonds is 3. The van der Waals surface area contributed by atoms with Crippen LogP contribution in [-0.2, 0) is 6.42 Å². The lowest BCUT2D eigenvalue weighted by Crippen LogP contribution is -2.15. The normalized spacial score (nSPS) is 17.5. The van der Waals surface area contributed by atoms with Gasteiger partial charge in [-0.05, 0) is 30.0 Å². The number of aromatic nitrogens is 2. The molecule has 0 spiro atoms. The van der Waals surface area contributed by atoms with E-state index in [-0.39, 0.29) is 0 Å². The lowest BCUT2D eigenvalue weighted by atomic mass is 9.81. The number of nitrogens with two attached hydrogens (primary N) is 1. The molecule has 1 aromatic heterocycles. The van der Waals surface area contributed by atoms with Crippen LogP contribution in [0.1, 0.15) is 25.0 Å². The molecule has 1 fully saturated rings. The summed E-state index contributed by atoms with van der Waals surface area (Å²) in [6, 6.07) is 5.97. The van der Waals surface area contributed by atoms with E-state index in [9.17, 15) is 0 Å². The zero-order valence-corrected chi connectivity index (χ0v) is 11.9. The van der Waals surface area contributed by atoms with Gasteiger partial charge in [-0.15, -0.1) is 0 Å². The first-order chi connectivity index (χ1) is 10.3. The predicted octanol–water partition coefficient (Wildman–Crippen LogP) is 2.77. The number of hydrogen-bond donors (Lipinski definition) is 2. The molecule has 5 nitrogen and oxygen atoms in total. The van der Waals surface area contributed by atoms with Gasteiger partial charge in [-0.1, -0.05) is 25.3 Å². The Morgan fingerprint density at radius 3 is 2.76 bits per heavy atom. The van der Waals surface area contributed by atoms with Gasteiger partial charge in [0.2, 0.25) is 0 Å². The quantitative estimate of drug-likeness (QED) is 0.909. The molecular weight excluding hydrogens is 266 g/mol. The van der Waals surface area contributed by atoms with Crippen molar-refractivity contribution in [1.82, 2.24) is 10.2 Å². The minimum Gasteiger partial charge on any atom is -0.486 e. The molecule has 4 rings (SSSR count). The van der Waals surface area contributed by atoms with Gasteiger partial charge in [0.15, 0.2) is 17.3 Å². The number of benzene rings is 1. The van der Waals surface area contributed by atoms with Crippen LogP contribution < -0.4 is 15.2 Å². The molecule has 0 unspecified atom stereocenters. The van der Waals surface area contributed by atoms with E-state index < -0.39 is 0 Å². The highest BCUT2D eigenvalue weighted by Crippen LogP contribution is 2.39. The van der Waals surface area contributed by atoms with Crippen LogP contribution in [-0.4, -0.2) is 23.4 Å². The fraction of sp³-hybridized carbons (Fsp3) is 0.438. The summed E-state index contributed by atoms with van der Waals surface area (Å²) >= 11 is 0. The molecule has 0 saturated heterocycles. The number of hydrogen-bond acceptors (Lipinski definition) is 4. The van der Waals surface area contributed by atoms with Gasteiger partial charge in [-0.3, -0.25) is 5.10 Å². The van der Waals surface area contributed by atoms with Gasteiger partial charge in [0.1, 0.15) is 13.2 Å². The summed E-state index contributed by atoms with van der Waals surface area (Å²) in [6.07, 6.45) is 4.97. The van der Waals surface area contributed by atoms with E-state index in [2.05, 4.69) is 10.2 Å². The minimum absolute atomic E-state index is 0.556. The molecule has 5 heteroatoms. The molecule has 2 aliphatic rings. The van der Waals surface area contributed by atoms with E-state index >= 15 is 0 Å². The van der Waals surface area contributed by atoms with Gasteiger partial charge in [-0.2, -0.15) is 5.10 Å². The number of nitrogens with one attached hydrogen (secondary N) is 1. The van der Waals surface area contributed by atoms with Crippen molar-refractivity contribution in [3.8, 4) is 22.6 Å². The van der Waals surface area contributed by atoms with E-state index in [1.807, 2.05) is 18.2 Å². The summed E-state index contributed by atoms with van der Waals surface area (Å²) < 4.78 is 11.2. The Labute approximate surface area is 123 Å². The van der Waals surface area contributed by atoms with Gasteiger partial charge in [-0.25, -0.2) is 0 Å². The Morgan fingerprint density at radius 1 is 1.19 bits per heavy atom. The number of fused-ring (bicyclic) bond motifs is 1. The van der Waals surface area contributed by atoms with Crippen LogP contribution in [0.5, 0.6) is 11.5 Å². The first kappa shape index (κ1) is 12.6. The maximum atomic E-state index is 6.07. The number of nitrogens with zero attached hydrogens (tertiary/aromatic N) is 1. The fourth-order valence-corrected chi connectivity index (χ4v) is 3.05. The average molecular weight is 285 g/mol. The highest BCUT2D eigenvalue weighted by molar-refractivity contribution is 5.78. The Kier molecular flexibility index (Phi) is 2.98. The molecule has 1 aliphatic carbocycles. The lowest BCUT2D eigenvalue weighted by Gasteiger charge is -2.25. The lowest BCUT2D eigenvalue weighted by molar-refractivity contribution is 0.171. The van der Waals surface area contributed by atoms with E-state index in [1.54, 1.807) is 0 Å². The van der Waals surface area contributed by atoms with Crippen molar-refractivity contribution in [2.24, 2.45) is 5.92 Å². The maximum absolute atomic E-state index is 6.07. The Hall–Kier alpha value is -2.17. The molecule has 1 saturated carbocycles. The second-order valence-corrected chi connectivity index (χ2v) is 5.82. The third kappa shape index (κ3) is 2.22. The van der Waals surface area contributed by atoms with Crippen LogP contribution in [0, 0.1) is 5.92 Å². The number of ether oxygens (including phenoxy) is 2. The molecule has 0 amide bonds. The van der Waals surface area contributed by atoms with E-state index in [1.165, 1.54) is 19.3 Å². The first-order valence-corrected chi connectivity index (χ1v) is 7.54. The fourth-order valence-electron chi connectivity index (χ4n) is 3.05. The molecule has 2 heterocycles. The first-order valence-electron chi connectivity index (χ1n) is 7.54. The maximum Gasteiger partial charge on any atom is 0.161 e. The van der Waals surface area contributed by atoms with Crippen LogP contribution in [0.25, 0.3) is 11.1 Å². The molecule has 21 heavy (non-hydrogen) atoms. The summed E-state index contributed by atoms with van der Waals surface area (Å²) in [5.41, 5.74) is 9.26. The summed E-state index contributed by atoms with van der Waals surface area (Å²) in [4.78, 5) is 0. The monoisotopic (exact) mass is 285 g/mol. The van der Waals surface area contributed by atoms with Crippen molar-refractivity contribution in [1.29, 1.82) is 0 Å². The van der Waals surface area contributed by atoms with Crippen molar-refractivity contribution in [2.45, 2.75) is 25.7 Å². The Morgan fingerprint density at radius 2 is 2.00 bits per heavy atom. The zero-order valence-electron chi connectivity index (χ0n) is 11.9. The molecule has 2 aromatic rings. The number of anilines is 1. The van der Waals surface area contributed by atoms with Crippen LogP contribution in [0.4, 0.5) is 5.82 Å². The summed E-state index contributed by atoms with van der Waals surface area (Å²) in [7, 11) is 0. The van der Waals surface area contributed by atoms with E-state index in [4.69, 9.17) is 15.2 Å². The average Bonchev–Trinajstić information content (AvgIpc) is 2.83. The highest BCUT2D eigenvalue weighted by Gasteiger charge is 2.23. The Bertz CT molecular complexity index is 662. The SMILES string of the molecule is Nc1n[nH]c(CC2CCC2)c1-c1ccc2c(c1)OCCO2. The number of H-pyrrole nitrogens is 1. The van der Waals surface area contributed by atoms with Crippen molar-refractivity contribution in [3.05, 3.63) is 23.9 Å². The molecule has 110 valence electrons. The van der Waals surface area contributed by atoms with Gasteiger partial charge in [0, 0.05) is 11.3 Å². The standard InChI is InChI=1S/C16H19N3O2/c17-16-15(12(18-19-16)8-10-2-1-3-10)11-4-5-13-14(9-11)21-7-6-20-13/h4-5,9-10H,1-3,6-8H2,(H3,17,18,19). The molecule has 0 bridgehead atoms. The van der Waals surface area contributed by atoms with Crippen molar-refractivity contribution in [3.63, 3.8) is 0 Å². The van der Waals surface area contributed by atoms with E-state index in [0.717, 1.165) is 40.7 Å². The topological polar surface area (TPSA) is 73.2 Å². The highest BCUT2D eigenvalue weighted by atomic mass is 16.6. The van der Waals surface area contributed by atoms with Crippen molar-refractivity contribution in [2.75, 3.05) is 18.9 Å². The van der Waals surface area contributed by atoms with Gasteiger partial charge in [0.05, 0.1) is 0 Å². The number of aromatic amines is 1. The molecule has 0 radical (unpaired) electrons. The van der Waals surface area contributed by atoms with Crippen LogP contribution in [0.3, 0.4) is 0 Å². The third-order valence-corrected chi connectivity index (χ3v) is 4.42. The third-order valence-electron chi connectivity index (χ3n) is 4.42. The summed E-state index contributed by atoms with van der Waals surface area (Å²) in [5.74, 6) is 2.91.